The third-order valence-corrected chi connectivity index (χ3v) is 3.85. The summed E-state index contributed by atoms with van der Waals surface area (Å²) in [7, 11) is 1.22. The first-order valence-electron chi connectivity index (χ1n) is 6.21. The van der Waals surface area contributed by atoms with Crippen molar-refractivity contribution in [1.82, 2.24) is 9.96 Å². The fourth-order valence-corrected chi connectivity index (χ4v) is 2.59. The summed E-state index contributed by atoms with van der Waals surface area (Å²) in [5.74, 6) is 0. The summed E-state index contributed by atoms with van der Waals surface area (Å²) in [5, 5.41) is 5.66. The summed E-state index contributed by atoms with van der Waals surface area (Å²) in [5.41, 5.74) is 1.21. The Morgan fingerprint density at radius 2 is 1.73 bits per heavy atom. The highest BCUT2D eigenvalue weighted by Gasteiger charge is 2.00. The summed E-state index contributed by atoms with van der Waals surface area (Å²) in [4.78, 5) is 3.01. The van der Waals surface area contributed by atoms with Gasteiger partial charge in [-0.3, -0.25) is 4.86 Å². The Labute approximate surface area is 95.0 Å². The van der Waals surface area contributed by atoms with Crippen LogP contribution >= 0.6 is 8.35 Å². The molecule has 15 heavy (non-hydrogen) atoms. The van der Waals surface area contributed by atoms with Crippen molar-refractivity contribution in [2.24, 2.45) is 0 Å². The van der Waals surface area contributed by atoms with E-state index >= 15 is 0 Å². The molecule has 0 bridgehead atoms. The number of H-pyrrole nitrogens is 1. The highest BCUT2D eigenvalue weighted by atomic mass is 31.0. The van der Waals surface area contributed by atoms with E-state index in [2.05, 4.69) is 23.8 Å². The molecule has 0 spiro atoms. The minimum absolute atomic E-state index is 1.21. The normalized spacial score (nSPS) is 11.3. The Balaban J connectivity index is 1.96. The van der Waals surface area contributed by atoms with Gasteiger partial charge in [-0.15, -0.1) is 0 Å². The summed E-state index contributed by atoms with van der Waals surface area (Å²) in [6.45, 7) is 4.37. The van der Waals surface area contributed by atoms with E-state index in [1.807, 2.05) is 0 Å². The fourth-order valence-electron chi connectivity index (χ4n) is 1.79. The third-order valence-electron chi connectivity index (χ3n) is 2.84. The highest BCUT2D eigenvalue weighted by molar-refractivity contribution is 7.26. The molecule has 0 saturated heterocycles. The van der Waals surface area contributed by atoms with Crippen LogP contribution in [0, 0.1) is 6.92 Å². The Hall–Kier alpha value is -0.360. The highest BCUT2D eigenvalue weighted by Crippen LogP contribution is 2.18. The predicted octanol–water partition coefficient (Wildman–Crippen LogP) is 4.59. The Bertz CT molecular complexity index is 258. The lowest BCUT2D eigenvalue weighted by Crippen LogP contribution is -1.85. The first-order chi connectivity index (χ1) is 7.34. The lowest BCUT2D eigenvalue weighted by molar-refractivity contribution is 0.590. The largest absolute Gasteiger partial charge is 0.260 e. The van der Waals surface area contributed by atoms with Crippen molar-refractivity contribution >= 4 is 8.35 Å². The number of aryl methyl sites for hydroxylation is 2. The van der Waals surface area contributed by atoms with E-state index in [-0.39, 0.29) is 0 Å². The first-order valence-corrected chi connectivity index (χ1v) is 7.10. The van der Waals surface area contributed by atoms with Gasteiger partial charge in [0.2, 0.25) is 0 Å². The molecule has 1 aromatic heterocycles. The monoisotopic (exact) mass is 226 g/mol. The van der Waals surface area contributed by atoms with Gasteiger partial charge in [-0.2, -0.15) is 5.10 Å². The molecular formula is C12H23N2P. The number of hydrogen-bond acceptors (Lipinski definition) is 1. The van der Waals surface area contributed by atoms with E-state index in [1.54, 1.807) is 0 Å². The van der Waals surface area contributed by atoms with Gasteiger partial charge in [-0.1, -0.05) is 45.4 Å². The van der Waals surface area contributed by atoms with Crippen molar-refractivity contribution in [3.05, 3.63) is 11.0 Å². The van der Waals surface area contributed by atoms with Gasteiger partial charge in [0.25, 0.3) is 0 Å². The maximum Gasteiger partial charge on any atom is 0.0671 e. The minimum Gasteiger partial charge on any atom is -0.260 e. The number of rotatable bonds is 8. The van der Waals surface area contributed by atoms with Crippen molar-refractivity contribution in [3.63, 3.8) is 0 Å². The van der Waals surface area contributed by atoms with Crippen LogP contribution in [0.2, 0.25) is 0 Å². The van der Waals surface area contributed by atoms with Crippen LogP contribution in [-0.2, 0) is 6.42 Å². The smallest absolute Gasteiger partial charge is 0.0671 e. The molecule has 1 N–H and O–H groups in total. The van der Waals surface area contributed by atoms with Gasteiger partial charge in [-0.05, 0) is 19.8 Å². The Kier molecular flexibility index (Phi) is 6.67. The van der Waals surface area contributed by atoms with Crippen molar-refractivity contribution in [1.29, 1.82) is 0 Å². The Morgan fingerprint density at radius 3 is 2.33 bits per heavy atom. The standard InChI is InChI=1S/C12H23N2P/c1-3-4-5-6-7-8-9-10-12-11(2)13-14-15-12/h3-10H2,1-2H3,(H,13,14). The lowest BCUT2D eigenvalue weighted by Gasteiger charge is -2.00. The molecule has 1 rings (SSSR count). The number of nitrogens with zero attached hydrogens (tertiary/aromatic N) is 1. The topological polar surface area (TPSA) is 28.7 Å². The van der Waals surface area contributed by atoms with Crippen LogP contribution in [-0.4, -0.2) is 9.96 Å². The van der Waals surface area contributed by atoms with Crippen LogP contribution in [0.3, 0.4) is 0 Å². The van der Waals surface area contributed by atoms with Gasteiger partial charge in [0.15, 0.2) is 0 Å². The number of hydrogen-bond donors (Lipinski definition) is 1. The number of aromatic amines is 1. The number of aromatic nitrogens is 2. The number of nitrogens with one attached hydrogen (secondary N) is 1. The van der Waals surface area contributed by atoms with Crippen LogP contribution in [0.25, 0.3) is 0 Å². The molecule has 0 amide bonds. The van der Waals surface area contributed by atoms with Crippen LogP contribution in [0.1, 0.15) is 62.9 Å². The SMILES string of the molecule is CCCCCCCCCc1p[nH]nc1C. The molecule has 0 atom stereocenters. The molecule has 0 saturated carbocycles. The molecule has 0 unspecified atom stereocenters. The lowest BCUT2D eigenvalue weighted by atomic mass is 10.1. The molecule has 1 heterocycles. The average molecular weight is 226 g/mol. The molecule has 0 radical (unpaired) electrons. The molecule has 0 aliphatic rings. The van der Waals surface area contributed by atoms with Gasteiger partial charge in [0.05, 0.1) is 5.69 Å². The minimum atomic E-state index is 1.21. The maximum absolute atomic E-state index is 4.17. The van der Waals surface area contributed by atoms with E-state index in [1.165, 1.54) is 70.7 Å². The van der Waals surface area contributed by atoms with Crippen LogP contribution in [0.15, 0.2) is 0 Å². The van der Waals surface area contributed by atoms with E-state index in [0.29, 0.717) is 0 Å². The molecule has 0 aliphatic heterocycles. The molecule has 86 valence electrons. The zero-order chi connectivity index (χ0) is 10.9. The van der Waals surface area contributed by atoms with Gasteiger partial charge < -0.3 is 0 Å². The van der Waals surface area contributed by atoms with Crippen molar-refractivity contribution in [3.8, 4) is 0 Å². The second-order valence-corrected chi connectivity index (χ2v) is 5.19. The van der Waals surface area contributed by atoms with E-state index in [0.717, 1.165) is 0 Å². The third kappa shape index (κ3) is 5.32. The van der Waals surface area contributed by atoms with Crippen molar-refractivity contribution in [2.45, 2.75) is 65.2 Å². The van der Waals surface area contributed by atoms with Gasteiger partial charge in [0.1, 0.15) is 0 Å². The van der Waals surface area contributed by atoms with Gasteiger partial charge in [0, 0.05) is 13.6 Å². The molecule has 1 aromatic rings. The fraction of sp³-hybridized carbons (Fsp3) is 0.833. The molecule has 3 heteroatoms. The van der Waals surface area contributed by atoms with E-state index in [4.69, 9.17) is 0 Å². The quantitative estimate of drug-likeness (QED) is 0.645. The van der Waals surface area contributed by atoms with E-state index in [9.17, 15) is 0 Å². The molecule has 0 aromatic carbocycles. The zero-order valence-corrected chi connectivity index (χ0v) is 10.9. The van der Waals surface area contributed by atoms with Crippen molar-refractivity contribution in [2.75, 3.05) is 0 Å². The first kappa shape index (κ1) is 12.7. The summed E-state index contributed by atoms with van der Waals surface area (Å²) in [6.07, 6.45) is 11.0. The second-order valence-electron chi connectivity index (χ2n) is 4.23. The number of unbranched alkanes of at least 4 members (excludes halogenated alkanes) is 6. The van der Waals surface area contributed by atoms with E-state index < -0.39 is 0 Å². The second kappa shape index (κ2) is 7.87. The van der Waals surface area contributed by atoms with Gasteiger partial charge >= 0.3 is 0 Å². The van der Waals surface area contributed by atoms with Crippen LogP contribution in [0.4, 0.5) is 0 Å². The molecule has 0 fully saturated rings. The Morgan fingerprint density at radius 1 is 1.07 bits per heavy atom. The zero-order valence-electron chi connectivity index (χ0n) is 10.1. The summed E-state index contributed by atoms with van der Waals surface area (Å²) >= 11 is 0. The summed E-state index contributed by atoms with van der Waals surface area (Å²) in [6, 6.07) is 0. The van der Waals surface area contributed by atoms with Crippen LogP contribution < -0.4 is 0 Å². The van der Waals surface area contributed by atoms with Crippen LogP contribution in [0.5, 0.6) is 0 Å². The molecule has 2 nitrogen and oxygen atoms in total. The average Bonchev–Trinajstić information content (AvgIpc) is 2.63. The predicted molar refractivity (Wildman–Crippen MR) is 67.5 cm³/mol. The van der Waals surface area contributed by atoms with Gasteiger partial charge in [-0.25, -0.2) is 0 Å². The summed E-state index contributed by atoms with van der Waals surface area (Å²) < 4.78 is 0. The molecular weight excluding hydrogens is 203 g/mol. The molecule has 0 aliphatic carbocycles. The van der Waals surface area contributed by atoms with Crippen molar-refractivity contribution < 1.29 is 0 Å². The maximum atomic E-state index is 4.17.